The van der Waals surface area contributed by atoms with Gasteiger partial charge in [0.1, 0.15) is 11.9 Å². The second-order valence-electron chi connectivity index (χ2n) is 5.76. The highest BCUT2D eigenvalue weighted by molar-refractivity contribution is 7.92. The van der Waals surface area contributed by atoms with Crippen molar-refractivity contribution in [3.8, 4) is 0 Å². The van der Waals surface area contributed by atoms with Crippen LogP contribution in [0.3, 0.4) is 0 Å². The molecule has 0 spiro atoms. The lowest BCUT2D eigenvalue weighted by Crippen LogP contribution is -2.17. The van der Waals surface area contributed by atoms with E-state index < -0.39 is 10.0 Å². The van der Waals surface area contributed by atoms with E-state index in [0.29, 0.717) is 22.3 Å². The molecule has 1 aliphatic carbocycles. The Hall–Kier alpha value is -1.70. The summed E-state index contributed by atoms with van der Waals surface area (Å²) < 4.78 is 33.2. The van der Waals surface area contributed by atoms with Gasteiger partial charge < -0.3 is 4.74 Å². The molecular formula is C16H18ClN3O3S. The third kappa shape index (κ3) is 3.53. The van der Waals surface area contributed by atoms with Crippen molar-refractivity contribution in [1.82, 2.24) is 9.97 Å². The maximum Gasteiger partial charge on any atom is 0.263 e. The number of nitrogens with one attached hydrogen (secondary N) is 1. The fourth-order valence-electron chi connectivity index (χ4n) is 2.55. The lowest BCUT2D eigenvalue weighted by atomic mass is 10.2. The van der Waals surface area contributed by atoms with E-state index in [0.717, 1.165) is 12.8 Å². The monoisotopic (exact) mass is 367 g/mol. The number of hydrogen-bond donors (Lipinski definition) is 1. The smallest absolute Gasteiger partial charge is 0.263 e. The Bertz CT molecular complexity index is 853. The number of hydrogen-bond acceptors (Lipinski definition) is 5. The van der Waals surface area contributed by atoms with Gasteiger partial charge in [-0.2, -0.15) is 0 Å². The van der Waals surface area contributed by atoms with Crippen LogP contribution in [-0.2, 0) is 14.8 Å². The molecule has 1 aromatic carbocycles. The third-order valence-electron chi connectivity index (χ3n) is 3.98. The summed E-state index contributed by atoms with van der Waals surface area (Å²) >= 11 is 6.02. The molecular weight excluding hydrogens is 350 g/mol. The molecule has 2 aromatic rings. The first-order valence-electron chi connectivity index (χ1n) is 7.56. The summed E-state index contributed by atoms with van der Waals surface area (Å²) in [6.45, 7) is 1.66. The van der Waals surface area contributed by atoms with E-state index in [4.69, 9.17) is 16.3 Å². The minimum Gasteiger partial charge on any atom is -0.373 e. The molecule has 1 saturated carbocycles. The summed E-state index contributed by atoms with van der Waals surface area (Å²) in [5.74, 6) is 1.10. The van der Waals surface area contributed by atoms with Crippen LogP contribution in [0.2, 0.25) is 5.02 Å². The average Bonchev–Trinajstić information content (AvgIpc) is 3.35. The summed E-state index contributed by atoms with van der Waals surface area (Å²) in [5.41, 5.74) is 0.494. The number of nitrogens with zero attached hydrogens (tertiary/aromatic N) is 2. The van der Waals surface area contributed by atoms with Crippen LogP contribution in [0.4, 0.5) is 5.82 Å². The molecule has 1 fully saturated rings. The molecule has 6 nitrogen and oxygen atoms in total. The van der Waals surface area contributed by atoms with Crippen molar-refractivity contribution in [2.75, 3.05) is 11.8 Å². The van der Waals surface area contributed by atoms with Crippen molar-refractivity contribution in [2.24, 2.45) is 5.92 Å². The van der Waals surface area contributed by atoms with Gasteiger partial charge in [-0.25, -0.2) is 18.4 Å². The predicted octanol–water partition coefficient (Wildman–Crippen LogP) is 3.34. The van der Waals surface area contributed by atoms with Gasteiger partial charge in [-0.05, 0) is 49.4 Å². The van der Waals surface area contributed by atoms with Crippen LogP contribution in [-0.4, -0.2) is 25.5 Å². The fraction of sp³-hybridized carbons (Fsp3) is 0.375. The van der Waals surface area contributed by atoms with Crippen molar-refractivity contribution >= 4 is 27.4 Å². The highest BCUT2D eigenvalue weighted by atomic mass is 35.5. The maximum atomic E-state index is 12.6. The first-order valence-corrected chi connectivity index (χ1v) is 9.42. The Balaban J connectivity index is 1.89. The molecule has 0 bridgehead atoms. The highest BCUT2D eigenvalue weighted by Crippen LogP contribution is 2.41. The van der Waals surface area contributed by atoms with Crippen LogP contribution in [0.15, 0.2) is 35.4 Å². The predicted molar refractivity (Wildman–Crippen MR) is 91.5 cm³/mol. The normalized spacial score (nSPS) is 16.0. The molecule has 128 valence electrons. The number of aromatic nitrogens is 2. The van der Waals surface area contributed by atoms with Crippen molar-refractivity contribution in [3.63, 3.8) is 0 Å². The SMILES string of the molecule is COC(c1nccc(NS(=O)(=O)c2cccc(Cl)c2C)n1)C1CC1. The zero-order valence-corrected chi connectivity index (χ0v) is 14.9. The van der Waals surface area contributed by atoms with Gasteiger partial charge in [-0.15, -0.1) is 0 Å². The van der Waals surface area contributed by atoms with Crippen molar-refractivity contribution in [3.05, 3.63) is 46.9 Å². The van der Waals surface area contributed by atoms with E-state index in [1.165, 1.54) is 18.3 Å². The van der Waals surface area contributed by atoms with E-state index in [2.05, 4.69) is 14.7 Å². The van der Waals surface area contributed by atoms with Crippen LogP contribution in [0.1, 0.15) is 30.3 Å². The van der Waals surface area contributed by atoms with Gasteiger partial charge in [0.15, 0.2) is 5.82 Å². The minimum atomic E-state index is -3.79. The molecule has 3 rings (SSSR count). The van der Waals surface area contributed by atoms with Crippen LogP contribution >= 0.6 is 11.6 Å². The van der Waals surface area contributed by atoms with Gasteiger partial charge >= 0.3 is 0 Å². The third-order valence-corrected chi connectivity index (χ3v) is 5.89. The number of ether oxygens (including phenoxy) is 1. The van der Waals surface area contributed by atoms with Crippen LogP contribution in [0.5, 0.6) is 0 Å². The molecule has 0 radical (unpaired) electrons. The van der Waals surface area contributed by atoms with Crippen LogP contribution < -0.4 is 4.72 Å². The molecule has 0 aliphatic heterocycles. The molecule has 1 N–H and O–H groups in total. The van der Waals surface area contributed by atoms with Crippen molar-refractivity contribution in [2.45, 2.75) is 30.8 Å². The van der Waals surface area contributed by atoms with E-state index in [9.17, 15) is 8.42 Å². The quantitative estimate of drug-likeness (QED) is 0.846. The number of anilines is 1. The number of sulfonamides is 1. The van der Waals surface area contributed by atoms with Crippen LogP contribution in [0, 0.1) is 12.8 Å². The Morgan fingerprint density at radius 3 is 2.75 bits per heavy atom. The van der Waals surface area contributed by atoms with Gasteiger partial charge in [0, 0.05) is 18.3 Å². The lowest BCUT2D eigenvalue weighted by molar-refractivity contribution is 0.0773. The van der Waals surface area contributed by atoms with Gasteiger partial charge in [0.05, 0.1) is 4.90 Å². The number of rotatable bonds is 6. The number of halogens is 1. The van der Waals surface area contributed by atoms with Gasteiger partial charge in [-0.1, -0.05) is 17.7 Å². The van der Waals surface area contributed by atoms with E-state index in [1.54, 1.807) is 26.2 Å². The number of benzene rings is 1. The highest BCUT2D eigenvalue weighted by Gasteiger charge is 2.34. The van der Waals surface area contributed by atoms with E-state index >= 15 is 0 Å². The van der Waals surface area contributed by atoms with E-state index in [-0.39, 0.29) is 16.8 Å². The standard InChI is InChI=1S/C16H18ClN3O3S/c1-10-12(17)4-3-5-13(10)24(21,22)20-14-8-9-18-16(19-14)15(23-2)11-6-7-11/h3-5,8-9,11,15H,6-7H2,1-2H3,(H,18,19,20). The second-order valence-corrected chi connectivity index (χ2v) is 7.82. The molecule has 1 aliphatic rings. The first kappa shape index (κ1) is 17.1. The summed E-state index contributed by atoms with van der Waals surface area (Å²) in [4.78, 5) is 8.65. The Labute approximate surface area is 146 Å². The molecule has 1 atom stereocenters. The molecule has 0 amide bonds. The Kier molecular flexibility index (Phi) is 4.76. The van der Waals surface area contributed by atoms with Gasteiger partial charge in [0.25, 0.3) is 10.0 Å². The molecule has 1 heterocycles. The molecule has 1 unspecified atom stereocenters. The first-order chi connectivity index (χ1) is 11.4. The molecule has 24 heavy (non-hydrogen) atoms. The summed E-state index contributed by atoms with van der Waals surface area (Å²) in [6.07, 6.45) is 3.46. The van der Waals surface area contributed by atoms with Crippen molar-refractivity contribution in [1.29, 1.82) is 0 Å². The number of methoxy groups -OCH3 is 1. The minimum absolute atomic E-state index is 0.126. The average molecular weight is 368 g/mol. The van der Waals surface area contributed by atoms with Crippen molar-refractivity contribution < 1.29 is 13.2 Å². The summed E-state index contributed by atoms with van der Waals surface area (Å²) in [6, 6.07) is 6.27. The fourth-order valence-corrected chi connectivity index (χ4v) is 4.05. The van der Waals surface area contributed by atoms with Gasteiger partial charge in [0.2, 0.25) is 0 Å². The van der Waals surface area contributed by atoms with Gasteiger partial charge in [-0.3, -0.25) is 4.72 Å². The maximum absolute atomic E-state index is 12.6. The van der Waals surface area contributed by atoms with E-state index in [1.807, 2.05) is 0 Å². The topological polar surface area (TPSA) is 81.2 Å². The lowest BCUT2D eigenvalue weighted by Gasteiger charge is -2.15. The largest absolute Gasteiger partial charge is 0.373 e. The Morgan fingerprint density at radius 2 is 2.08 bits per heavy atom. The summed E-state index contributed by atoms with van der Waals surface area (Å²) in [7, 11) is -2.18. The zero-order chi connectivity index (χ0) is 17.3. The Morgan fingerprint density at radius 1 is 1.33 bits per heavy atom. The summed E-state index contributed by atoms with van der Waals surface area (Å²) in [5, 5.41) is 0.398. The molecule has 0 saturated heterocycles. The molecule has 1 aromatic heterocycles. The second kappa shape index (κ2) is 6.66. The zero-order valence-electron chi connectivity index (χ0n) is 13.4. The molecule has 8 heteroatoms. The van der Waals surface area contributed by atoms with Crippen LogP contribution in [0.25, 0.3) is 0 Å².